The summed E-state index contributed by atoms with van der Waals surface area (Å²) < 4.78 is 45.8. The Hall–Kier alpha value is -2.05. The van der Waals surface area contributed by atoms with Crippen LogP contribution in [0.1, 0.15) is 57.7 Å². The molecule has 0 radical (unpaired) electrons. The highest BCUT2D eigenvalue weighted by Crippen LogP contribution is 2.40. The summed E-state index contributed by atoms with van der Waals surface area (Å²) in [5, 5.41) is 2.82. The number of nitrogens with zero attached hydrogens (tertiary/aromatic N) is 1. The van der Waals surface area contributed by atoms with Crippen molar-refractivity contribution in [2.45, 2.75) is 58.9 Å². The van der Waals surface area contributed by atoms with E-state index in [-0.39, 0.29) is 23.1 Å². The maximum absolute atomic E-state index is 13.4. The molecule has 1 amide bonds. The second kappa shape index (κ2) is 8.76. The molecule has 0 spiro atoms. The summed E-state index contributed by atoms with van der Waals surface area (Å²) in [4.78, 5) is 16.3. The Balaban J connectivity index is 2.15. The quantitative estimate of drug-likeness (QED) is 0.666. The summed E-state index contributed by atoms with van der Waals surface area (Å²) in [6.07, 6.45) is -2.62. The van der Waals surface area contributed by atoms with Gasteiger partial charge in [0, 0.05) is 12.8 Å². The fourth-order valence-electron chi connectivity index (χ4n) is 2.71. The van der Waals surface area contributed by atoms with Crippen LogP contribution in [0.3, 0.4) is 0 Å². The number of rotatable bonds is 9. The molecule has 1 N–H and O–H groups in total. The van der Waals surface area contributed by atoms with Crippen LogP contribution >= 0.6 is 0 Å². The first-order valence-electron chi connectivity index (χ1n) is 9.26. The van der Waals surface area contributed by atoms with Crippen LogP contribution in [0.25, 0.3) is 0 Å². The first kappa shape index (κ1) is 21.3. The number of nitrogens with one attached hydrogen (secondary N) is 1. The van der Waals surface area contributed by atoms with E-state index in [1.54, 1.807) is 0 Å². The monoisotopic (exact) mass is 384 g/mol. The van der Waals surface area contributed by atoms with E-state index < -0.39 is 23.9 Å². The first-order chi connectivity index (χ1) is 12.6. The Labute approximate surface area is 158 Å². The summed E-state index contributed by atoms with van der Waals surface area (Å²) in [7, 11) is 0. The standard InChI is InChI=1S/C20H27F3N2O2/c1-12(2)7-8-24-19(26)18(9-13(3)4)27-14-5-6-15(17-11-25-17)16(10-14)20(21,22)23/h5-6,10-13,17-18H,7-9H2,1-4H3,(H,24,26). The number of aliphatic imine (C=N–C) groups is 1. The third-order valence-electron chi connectivity index (χ3n) is 4.22. The van der Waals surface area contributed by atoms with Crippen molar-refractivity contribution in [2.24, 2.45) is 16.8 Å². The molecular formula is C20H27F3N2O2. The van der Waals surface area contributed by atoms with Gasteiger partial charge in [0.2, 0.25) is 0 Å². The normalized spacial score (nSPS) is 17.3. The molecule has 1 aromatic rings. The summed E-state index contributed by atoms with van der Waals surface area (Å²) in [5.74, 6) is 0.345. The number of hydrogen-bond acceptors (Lipinski definition) is 3. The highest BCUT2D eigenvalue weighted by molar-refractivity contribution is 5.81. The molecule has 150 valence electrons. The van der Waals surface area contributed by atoms with Gasteiger partial charge in [0.05, 0.1) is 5.56 Å². The van der Waals surface area contributed by atoms with Crippen molar-refractivity contribution in [1.29, 1.82) is 0 Å². The third kappa shape index (κ3) is 6.56. The lowest BCUT2D eigenvalue weighted by Crippen LogP contribution is -2.40. The molecule has 4 nitrogen and oxygen atoms in total. The van der Waals surface area contributed by atoms with Gasteiger partial charge in [-0.3, -0.25) is 9.79 Å². The van der Waals surface area contributed by atoms with Crippen LogP contribution in [-0.2, 0) is 11.0 Å². The van der Waals surface area contributed by atoms with Crippen molar-refractivity contribution in [1.82, 2.24) is 5.32 Å². The largest absolute Gasteiger partial charge is 0.481 e. The predicted octanol–water partition coefficient (Wildman–Crippen LogP) is 4.79. The topological polar surface area (TPSA) is 50.7 Å². The Morgan fingerprint density at radius 3 is 2.41 bits per heavy atom. The average molecular weight is 384 g/mol. The van der Waals surface area contributed by atoms with Gasteiger partial charge in [-0.2, -0.15) is 13.2 Å². The minimum Gasteiger partial charge on any atom is -0.481 e. The zero-order valence-corrected chi connectivity index (χ0v) is 16.1. The summed E-state index contributed by atoms with van der Waals surface area (Å²) in [6.45, 7) is 8.50. The predicted molar refractivity (Wildman–Crippen MR) is 99.0 cm³/mol. The number of benzene rings is 1. The molecule has 2 atom stereocenters. The van der Waals surface area contributed by atoms with Crippen LogP contribution in [0.15, 0.2) is 23.2 Å². The highest BCUT2D eigenvalue weighted by Gasteiger charge is 2.37. The zero-order chi connectivity index (χ0) is 20.2. The van der Waals surface area contributed by atoms with E-state index in [9.17, 15) is 18.0 Å². The van der Waals surface area contributed by atoms with E-state index in [4.69, 9.17) is 4.74 Å². The molecule has 0 aromatic heterocycles. The molecule has 27 heavy (non-hydrogen) atoms. The van der Waals surface area contributed by atoms with E-state index in [1.807, 2.05) is 13.8 Å². The Kier molecular flexibility index (Phi) is 6.89. The molecule has 1 aliphatic heterocycles. The van der Waals surface area contributed by atoms with Gasteiger partial charge in [0.15, 0.2) is 6.10 Å². The molecule has 2 rings (SSSR count). The number of halogens is 3. The Morgan fingerprint density at radius 2 is 1.89 bits per heavy atom. The minimum atomic E-state index is -4.51. The summed E-state index contributed by atoms with van der Waals surface area (Å²) in [6, 6.07) is 3.30. The van der Waals surface area contributed by atoms with E-state index in [1.165, 1.54) is 18.3 Å². The van der Waals surface area contributed by atoms with Crippen molar-refractivity contribution < 1.29 is 22.7 Å². The lowest BCUT2D eigenvalue weighted by molar-refractivity contribution is -0.138. The number of alkyl halides is 3. The van der Waals surface area contributed by atoms with Crippen molar-refractivity contribution in [3.05, 3.63) is 29.3 Å². The Morgan fingerprint density at radius 1 is 1.22 bits per heavy atom. The van der Waals surface area contributed by atoms with Crippen LogP contribution < -0.4 is 10.1 Å². The molecule has 1 aromatic carbocycles. The second-order valence-corrected chi connectivity index (χ2v) is 7.70. The van der Waals surface area contributed by atoms with Gasteiger partial charge in [-0.25, -0.2) is 0 Å². The molecular weight excluding hydrogens is 357 g/mol. The van der Waals surface area contributed by atoms with Gasteiger partial charge in [0.25, 0.3) is 5.91 Å². The maximum Gasteiger partial charge on any atom is 0.416 e. The van der Waals surface area contributed by atoms with E-state index >= 15 is 0 Å². The highest BCUT2D eigenvalue weighted by atomic mass is 19.4. The zero-order valence-electron chi connectivity index (χ0n) is 16.1. The molecule has 1 heterocycles. The van der Waals surface area contributed by atoms with Gasteiger partial charge in [-0.1, -0.05) is 33.8 Å². The molecule has 7 heteroatoms. The summed E-state index contributed by atoms with van der Waals surface area (Å²) in [5.41, 5.74) is -0.664. The number of hydrogen-bond donors (Lipinski definition) is 1. The number of ether oxygens (including phenoxy) is 1. The molecule has 0 saturated carbocycles. The first-order valence-corrected chi connectivity index (χ1v) is 9.26. The van der Waals surface area contributed by atoms with Crippen LogP contribution in [-0.4, -0.2) is 24.8 Å². The third-order valence-corrected chi connectivity index (χ3v) is 4.22. The van der Waals surface area contributed by atoms with Crippen LogP contribution in [0.4, 0.5) is 13.2 Å². The van der Waals surface area contributed by atoms with Gasteiger partial charge in [-0.15, -0.1) is 0 Å². The molecule has 0 saturated heterocycles. The van der Waals surface area contributed by atoms with Crippen LogP contribution in [0.5, 0.6) is 5.75 Å². The van der Waals surface area contributed by atoms with Crippen LogP contribution in [0.2, 0.25) is 0 Å². The van der Waals surface area contributed by atoms with Gasteiger partial charge in [-0.05, 0) is 42.4 Å². The van der Waals surface area contributed by atoms with Crippen molar-refractivity contribution in [2.75, 3.05) is 6.54 Å². The van der Waals surface area contributed by atoms with Gasteiger partial charge < -0.3 is 10.1 Å². The number of carbonyl (C=O) groups excluding carboxylic acids is 1. The van der Waals surface area contributed by atoms with Crippen LogP contribution in [0, 0.1) is 11.8 Å². The van der Waals surface area contributed by atoms with Crippen molar-refractivity contribution >= 4 is 12.1 Å². The molecule has 0 fully saturated rings. The fraction of sp³-hybridized carbons (Fsp3) is 0.600. The lowest BCUT2D eigenvalue weighted by atomic mass is 10.0. The second-order valence-electron chi connectivity index (χ2n) is 7.70. The molecule has 2 unspecified atom stereocenters. The summed E-state index contributed by atoms with van der Waals surface area (Å²) >= 11 is 0. The number of amides is 1. The van der Waals surface area contributed by atoms with Crippen molar-refractivity contribution in [3.8, 4) is 5.75 Å². The van der Waals surface area contributed by atoms with E-state index in [0.29, 0.717) is 18.9 Å². The molecule has 1 aliphatic rings. The van der Waals surface area contributed by atoms with E-state index in [0.717, 1.165) is 12.5 Å². The lowest BCUT2D eigenvalue weighted by Gasteiger charge is -2.22. The van der Waals surface area contributed by atoms with Gasteiger partial charge >= 0.3 is 6.18 Å². The molecule has 0 bridgehead atoms. The average Bonchev–Trinajstić information content (AvgIpc) is 3.37. The number of carbonyl (C=O) groups is 1. The molecule has 0 aliphatic carbocycles. The SMILES string of the molecule is CC(C)CCNC(=O)C(CC(C)C)Oc1ccc(C2C=N2)c(C(F)(F)F)c1. The van der Waals surface area contributed by atoms with Crippen molar-refractivity contribution in [3.63, 3.8) is 0 Å². The van der Waals surface area contributed by atoms with E-state index in [2.05, 4.69) is 24.2 Å². The smallest absolute Gasteiger partial charge is 0.416 e. The maximum atomic E-state index is 13.4. The van der Waals surface area contributed by atoms with Gasteiger partial charge in [0.1, 0.15) is 11.8 Å². The minimum absolute atomic E-state index is 0.0383. The Bertz CT molecular complexity index is 678. The fourth-order valence-corrected chi connectivity index (χ4v) is 2.71.